The van der Waals surface area contributed by atoms with E-state index in [0.29, 0.717) is 19.3 Å². The van der Waals surface area contributed by atoms with Crippen LogP contribution in [0.15, 0.2) is 30.3 Å². The Hall–Kier alpha value is -2.45. The van der Waals surface area contributed by atoms with Crippen LogP contribution in [0.4, 0.5) is 0 Å². The van der Waals surface area contributed by atoms with E-state index in [1.807, 2.05) is 37.3 Å². The molecule has 0 aliphatic carbocycles. The number of esters is 1. The topological polar surface area (TPSA) is 105 Å². The summed E-state index contributed by atoms with van der Waals surface area (Å²) in [5.41, 5.74) is -0.131. The van der Waals surface area contributed by atoms with E-state index in [2.05, 4.69) is 12.2 Å². The van der Waals surface area contributed by atoms with Crippen molar-refractivity contribution in [3.63, 3.8) is 0 Å². The number of nitrogens with one attached hydrogen (secondary N) is 1. The lowest BCUT2D eigenvalue weighted by atomic mass is 9.70. The van der Waals surface area contributed by atoms with E-state index < -0.39 is 41.6 Å². The molecule has 3 aliphatic heterocycles. The molecule has 0 saturated carbocycles. The molecule has 2 N–H and O–H groups in total. The van der Waals surface area contributed by atoms with Crippen LogP contribution in [0.2, 0.25) is 0 Å². The molecule has 3 saturated heterocycles. The van der Waals surface area contributed by atoms with Crippen LogP contribution in [-0.2, 0) is 30.3 Å². The molecule has 186 valence electrons. The second kappa shape index (κ2) is 10.0. The van der Waals surface area contributed by atoms with E-state index in [4.69, 9.17) is 9.47 Å². The molecule has 2 bridgehead atoms. The molecule has 1 aromatic carbocycles. The summed E-state index contributed by atoms with van der Waals surface area (Å²) in [5, 5.41) is 13.4. The van der Waals surface area contributed by atoms with Gasteiger partial charge in [0.1, 0.15) is 11.6 Å². The summed E-state index contributed by atoms with van der Waals surface area (Å²) in [6.07, 6.45) is 2.81. The van der Waals surface area contributed by atoms with Gasteiger partial charge in [-0.15, -0.1) is 0 Å². The summed E-state index contributed by atoms with van der Waals surface area (Å²) in [4.78, 5) is 42.0. The third kappa shape index (κ3) is 4.11. The summed E-state index contributed by atoms with van der Waals surface area (Å²) in [5.74, 6) is -2.55. The predicted molar refractivity (Wildman–Crippen MR) is 125 cm³/mol. The Morgan fingerprint density at radius 1 is 1.29 bits per heavy atom. The number of amides is 2. The predicted octanol–water partition coefficient (Wildman–Crippen LogP) is 1.83. The molecular weight excluding hydrogens is 436 g/mol. The molecule has 0 aromatic heterocycles. The normalized spacial score (nSPS) is 31.3. The molecule has 8 heteroatoms. The van der Waals surface area contributed by atoms with Crippen molar-refractivity contribution in [2.24, 2.45) is 11.8 Å². The van der Waals surface area contributed by atoms with Gasteiger partial charge in [0.05, 0.1) is 37.2 Å². The Kier molecular flexibility index (Phi) is 7.28. The molecule has 7 atom stereocenters. The Morgan fingerprint density at radius 2 is 2.03 bits per heavy atom. The quantitative estimate of drug-likeness (QED) is 0.504. The number of aliphatic hydroxyl groups excluding tert-OH is 1. The SMILES string of the molecule is CCCC(C)NC(=O)[C@@H]1N([C@@H](CO)Cc2ccccc2)C(=O)[C@H]2[C@H](C(=O)OCC)[C@@H]3CC[C@]12O3. The molecule has 8 nitrogen and oxygen atoms in total. The lowest BCUT2D eigenvalue weighted by Crippen LogP contribution is -2.59. The number of nitrogens with zero attached hydrogens (tertiary/aromatic N) is 1. The van der Waals surface area contributed by atoms with Gasteiger partial charge >= 0.3 is 5.97 Å². The largest absolute Gasteiger partial charge is 0.466 e. The number of likely N-dealkylation sites (tertiary alicyclic amines) is 1. The summed E-state index contributed by atoms with van der Waals surface area (Å²) < 4.78 is 11.7. The van der Waals surface area contributed by atoms with Gasteiger partial charge in [0.25, 0.3) is 0 Å². The number of carbonyl (C=O) groups is 3. The first kappa shape index (κ1) is 24.7. The van der Waals surface area contributed by atoms with Gasteiger partial charge in [-0.2, -0.15) is 0 Å². The Bertz CT molecular complexity index is 908. The average molecular weight is 473 g/mol. The molecule has 3 heterocycles. The maximum absolute atomic E-state index is 14.0. The van der Waals surface area contributed by atoms with Crippen LogP contribution in [0.25, 0.3) is 0 Å². The van der Waals surface area contributed by atoms with Crippen molar-refractivity contribution in [1.82, 2.24) is 10.2 Å². The van der Waals surface area contributed by atoms with Crippen molar-refractivity contribution in [2.75, 3.05) is 13.2 Å². The maximum Gasteiger partial charge on any atom is 0.312 e. The summed E-state index contributed by atoms with van der Waals surface area (Å²) in [6.45, 7) is 5.64. The summed E-state index contributed by atoms with van der Waals surface area (Å²) >= 11 is 0. The van der Waals surface area contributed by atoms with Gasteiger partial charge in [-0.25, -0.2) is 0 Å². The second-order valence-corrected chi connectivity index (χ2v) is 9.78. The lowest BCUT2D eigenvalue weighted by molar-refractivity contribution is -0.155. The van der Waals surface area contributed by atoms with Crippen molar-refractivity contribution >= 4 is 17.8 Å². The first-order valence-electron chi connectivity index (χ1n) is 12.5. The van der Waals surface area contributed by atoms with E-state index >= 15 is 0 Å². The van der Waals surface area contributed by atoms with Gasteiger partial charge in [-0.1, -0.05) is 43.7 Å². The van der Waals surface area contributed by atoms with Gasteiger partial charge in [-0.3, -0.25) is 14.4 Å². The molecule has 3 fully saturated rings. The fourth-order valence-corrected chi connectivity index (χ4v) is 6.25. The molecular formula is C26H36N2O6. The van der Waals surface area contributed by atoms with Gasteiger partial charge < -0.3 is 24.8 Å². The van der Waals surface area contributed by atoms with Crippen LogP contribution in [0.3, 0.4) is 0 Å². The average Bonchev–Trinajstić information content (AvgIpc) is 3.46. The minimum absolute atomic E-state index is 0.0638. The van der Waals surface area contributed by atoms with E-state index in [1.165, 1.54) is 4.90 Å². The Balaban J connectivity index is 1.72. The minimum Gasteiger partial charge on any atom is -0.466 e. The van der Waals surface area contributed by atoms with E-state index in [9.17, 15) is 19.5 Å². The van der Waals surface area contributed by atoms with Crippen LogP contribution in [0.5, 0.6) is 0 Å². The van der Waals surface area contributed by atoms with Crippen LogP contribution in [-0.4, -0.2) is 70.8 Å². The van der Waals surface area contributed by atoms with Gasteiger partial charge in [0, 0.05) is 6.04 Å². The number of carbonyl (C=O) groups excluding carboxylic acids is 3. The second-order valence-electron chi connectivity index (χ2n) is 9.78. The van der Waals surface area contributed by atoms with Crippen LogP contribution in [0, 0.1) is 11.8 Å². The highest BCUT2D eigenvalue weighted by Gasteiger charge is 2.75. The van der Waals surface area contributed by atoms with Crippen LogP contribution in [0.1, 0.15) is 52.0 Å². The zero-order valence-electron chi connectivity index (χ0n) is 20.2. The highest BCUT2D eigenvalue weighted by molar-refractivity contribution is 5.98. The molecule has 0 radical (unpaired) electrons. The smallest absolute Gasteiger partial charge is 0.312 e. The molecule has 1 spiro atoms. The van der Waals surface area contributed by atoms with E-state index in [0.717, 1.165) is 18.4 Å². The van der Waals surface area contributed by atoms with Gasteiger partial charge in [-0.05, 0) is 45.1 Å². The zero-order chi connectivity index (χ0) is 24.5. The van der Waals surface area contributed by atoms with Crippen molar-refractivity contribution < 1.29 is 29.0 Å². The number of hydrogen-bond acceptors (Lipinski definition) is 6. The Morgan fingerprint density at radius 3 is 2.68 bits per heavy atom. The molecule has 34 heavy (non-hydrogen) atoms. The molecule has 2 amide bonds. The number of benzene rings is 1. The molecule has 3 aliphatic rings. The number of ether oxygens (including phenoxy) is 2. The highest BCUT2D eigenvalue weighted by Crippen LogP contribution is 2.59. The third-order valence-corrected chi connectivity index (χ3v) is 7.57. The van der Waals surface area contributed by atoms with Crippen molar-refractivity contribution in [2.45, 2.75) is 82.7 Å². The molecule has 1 aromatic rings. The van der Waals surface area contributed by atoms with Gasteiger partial charge in [0.2, 0.25) is 11.8 Å². The van der Waals surface area contributed by atoms with Gasteiger partial charge in [0.15, 0.2) is 0 Å². The number of hydrogen-bond donors (Lipinski definition) is 2. The Labute approximate surface area is 201 Å². The number of aliphatic hydroxyl groups is 1. The fourth-order valence-electron chi connectivity index (χ4n) is 6.25. The minimum atomic E-state index is -1.08. The highest BCUT2D eigenvalue weighted by atomic mass is 16.6. The summed E-state index contributed by atoms with van der Waals surface area (Å²) in [6, 6.07) is 8.00. The number of fused-ring (bicyclic) bond motifs is 1. The standard InChI is InChI=1S/C26H36N2O6/c1-4-9-16(3)27-23(30)22-26-13-12-19(34-26)20(25(32)33-5-2)21(26)24(31)28(22)18(15-29)14-17-10-7-6-8-11-17/h6-8,10-11,16,18-22,29H,4-5,9,12-15H2,1-3H3,(H,27,30)/t16?,18-,19+,20-,21-,22+,26-/m1/s1. The van der Waals surface area contributed by atoms with E-state index in [-0.39, 0.29) is 31.1 Å². The zero-order valence-corrected chi connectivity index (χ0v) is 20.2. The van der Waals surface area contributed by atoms with Crippen LogP contribution >= 0.6 is 0 Å². The monoisotopic (exact) mass is 472 g/mol. The molecule has 1 unspecified atom stereocenters. The maximum atomic E-state index is 14.0. The third-order valence-electron chi connectivity index (χ3n) is 7.57. The first-order valence-corrected chi connectivity index (χ1v) is 12.5. The van der Waals surface area contributed by atoms with Crippen molar-refractivity contribution in [3.05, 3.63) is 35.9 Å². The number of rotatable bonds is 10. The first-order chi connectivity index (χ1) is 16.4. The van der Waals surface area contributed by atoms with Crippen molar-refractivity contribution in [3.8, 4) is 0 Å². The van der Waals surface area contributed by atoms with E-state index in [1.54, 1.807) is 6.92 Å². The summed E-state index contributed by atoms with van der Waals surface area (Å²) in [7, 11) is 0. The van der Waals surface area contributed by atoms with Crippen LogP contribution < -0.4 is 5.32 Å². The molecule has 4 rings (SSSR count). The lowest BCUT2D eigenvalue weighted by Gasteiger charge is -2.37. The van der Waals surface area contributed by atoms with Crippen molar-refractivity contribution in [1.29, 1.82) is 0 Å². The fraction of sp³-hybridized carbons (Fsp3) is 0.654.